The fraction of sp³-hybridized carbons (Fsp3) is 0.308. The minimum atomic E-state index is 0.884. The Kier molecular flexibility index (Phi) is 3.91. The molecule has 0 aliphatic heterocycles. The maximum atomic E-state index is 4.45. The van der Waals surface area contributed by atoms with Crippen molar-refractivity contribution in [1.82, 2.24) is 10.3 Å². The summed E-state index contributed by atoms with van der Waals surface area (Å²) in [6.45, 7) is 4.10. The lowest BCUT2D eigenvalue weighted by Crippen LogP contribution is -2.14. The van der Waals surface area contributed by atoms with E-state index in [-0.39, 0.29) is 0 Å². The molecule has 0 bridgehead atoms. The Hall–Kier alpha value is -0.930. The number of halogens is 1. The molecule has 84 valence electrons. The van der Waals surface area contributed by atoms with E-state index in [1.807, 2.05) is 12.3 Å². The average molecular weight is 279 g/mol. The van der Waals surface area contributed by atoms with Crippen LogP contribution in [-0.2, 0) is 6.54 Å². The molecule has 0 fully saturated rings. The number of pyridine rings is 1. The molecule has 0 amide bonds. The van der Waals surface area contributed by atoms with E-state index < -0.39 is 0 Å². The second-order valence-electron chi connectivity index (χ2n) is 3.78. The van der Waals surface area contributed by atoms with Gasteiger partial charge in [0.15, 0.2) is 0 Å². The molecular formula is C13H15BrN2. The minimum Gasteiger partial charge on any atom is -0.313 e. The van der Waals surface area contributed by atoms with Gasteiger partial charge in [0.1, 0.15) is 0 Å². The molecule has 1 aromatic heterocycles. The average Bonchev–Trinajstić information content (AvgIpc) is 2.33. The van der Waals surface area contributed by atoms with Crippen molar-refractivity contribution in [3.05, 3.63) is 40.5 Å². The highest BCUT2D eigenvalue weighted by Gasteiger charge is 2.04. The van der Waals surface area contributed by atoms with E-state index in [0.29, 0.717) is 0 Å². The third kappa shape index (κ3) is 2.42. The number of rotatable bonds is 4. The SMILES string of the molecule is CCCNCc1ccc(Br)c2cccnc12. The van der Waals surface area contributed by atoms with Crippen LogP contribution in [0.25, 0.3) is 10.9 Å². The van der Waals surface area contributed by atoms with Gasteiger partial charge < -0.3 is 5.32 Å². The third-order valence-corrected chi connectivity index (χ3v) is 3.23. The van der Waals surface area contributed by atoms with Crippen LogP contribution < -0.4 is 5.32 Å². The van der Waals surface area contributed by atoms with Crippen LogP contribution in [-0.4, -0.2) is 11.5 Å². The second kappa shape index (κ2) is 5.41. The maximum absolute atomic E-state index is 4.45. The number of nitrogens with zero attached hydrogens (tertiary/aromatic N) is 1. The zero-order valence-electron chi connectivity index (χ0n) is 9.33. The number of fused-ring (bicyclic) bond motifs is 1. The molecule has 0 aliphatic carbocycles. The van der Waals surface area contributed by atoms with Gasteiger partial charge in [-0.05, 0) is 30.7 Å². The Labute approximate surface area is 104 Å². The van der Waals surface area contributed by atoms with Crippen LogP contribution in [0.2, 0.25) is 0 Å². The first-order valence-electron chi connectivity index (χ1n) is 5.55. The van der Waals surface area contributed by atoms with Gasteiger partial charge in [-0.1, -0.05) is 35.0 Å². The van der Waals surface area contributed by atoms with E-state index in [2.05, 4.69) is 51.4 Å². The van der Waals surface area contributed by atoms with Gasteiger partial charge in [-0.2, -0.15) is 0 Å². The summed E-state index contributed by atoms with van der Waals surface area (Å²) in [5, 5.41) is 4.59. The summed E-state index contributed by atoms with van der Waals surface area (Å²) in [5.74, 6) is 0. The molecule has 2 rings (SSSR count). The Morgan fingerprint density at radius 2 is 2.19 bits per heavy atom. The third-order valence-electron chi connectivity index (χ3n) is 2.54. The van der Waals surface area contributed by atoms with Gasteiger partial charge in [0.2, 0.25) is 0 Å². The highest BCUT2D eigenvalue weighted by Crippen LogP contribution is 2.24. The van der Waals surface area contributed by atoms with E-state index in [1.165, 1.54) is 10.9 Å². The lowest BCUT2D eigenvalue weighted by Gasteiger charge is -2.07. The molecule has 2 aromatic rings. The van der Waals surface area contributed by atoms with Gasteiger partial charge in [-0.15, -0.1) is 0 Å². The normalized spacial score (nSPS) is 10.9. The Morgan fingerprint density at radius 1 is 1.31 bits per heavy atom. The van der Waals surface area contributed by atoms with Crippen LogP contribution in [0.15, 0.2) is 34.9 Å². The topological polar surface area (TPSA) is 24.9 Å². The molecule has 0 aliphatic rings. The van der Waals surface area contributed by atoms with Crippen molar-refractivity contribution in [2.24, 2.45) is 0 Å². The van der Waals surface area contributed by atoms with Crippen molar-refractivity contribution in [3.8, 4) is 0 Å². The summed E-state index contributed by atoms with van der Waals surface area (Å²) >= 11 is 3.55. The number of benzene rings is 1. The van der Waals surface area contributed by atoms with Crippen molar-refractivity contribution < 1.29 is 0 Å². The molecule has 0 saturated carbocycles. The van der Waals surface area contributed by atoms with Crippen LogP contribution in [0.3, 0.4) is 0 Å². The molecule has 2 nitrogen and oxygen atoms in total. The van der Waals surface area contributed by atoms with E-state index >= 15 is 0 Å². The van der Waals surface area contributed by atoms with E-state index in [9.17, 15) is 0 Å². The number of aromatic nitrogens is 1. The van der Waals surface area contributed by atoms with E-state index in [1.54, 1.807) is 0 Å². The van der Waals surface area contributed by atoms with Crippen molar-refractivity contribution in [1.29, 1.82) is 0 Å². The van der Waals surface area contributed by atoms with Gasteiger partial charge in [0.25, 0.3) is 0 Å². The minimum absolute atomic E-state index is 0.884. The lowest BCUT2D eigenvalue weighted by molar-refractivity contribution is 0.677. The molecular weight excluding hydrogens is 264 g/mol. The summed E-state index contributed by atoms with van der Waals surface area (Å²) in [7, 11) is 0. The predicted octanol–water partition coefficient (Wildman–Crippen LogP) is 3.50. The molecule has 1 heterocycles. The fourth-order valence-corrected chi connectivity index (χ4v) is 2.19. The van der Waals surface area contributed by atoms with Crippen LogP contribution >= 0.6 is 15.9 Å². The van der Waals surface area contributed by atoms with Gasteiger partial charge in [-0.25, -0.2) is 0 Å². The van der Waals surface area contributed by atoms with Crippen molar-refractivity contribution >= 4 is 26.8 Å². The highest BCUT2D eigenvalue weighted by atomic mass is 79.9. The standard InChI is InChI=1S/C13H15BrN2/c1-2-7-15-9-10-5-6-12(14)11-4-3-8-16-13(10)11/h3-6,8,15H,2,7,9H2,1H3. The zero-order chi connectivity index (χ0) is 11.4. The summed E-state index contributed by atoms with van der Waals surface area (Å²) in [5.41, 5.74) is 2.34. The molecule has 0 atom stereocenters. The van der Waals surface area contributed by atoms with Gasteiger partial charge >= 0.3 is 0 Å². The van der Waals surface area contributed by atoms with Crippen LogP contribution in [0.4, 0.5) is 0 Å². The van der Waals surface area contributed by atoms with Crippen molar-refractivity contribution in [2.75, 3.05) is 6.54 Å². The quantitative estimate of drug-likeness (QED) is 0.866. The molecule has 0 saturated heterocycles. The second-order valence-corrected chi connectivity index (χ2v) is 4.64. The van der Waals surface area contributed by atoms with Gasteiger partial charge in [0, 0.05) is 22.6 Å². The summed E-state index contributed by atoms with van der Waals surface area (Å²) in [6.07, 6.45) is 3.00. The smallest absolute Gasteiger partial charge is 0.0758 e. The van der Waals surface area contributed by atoms with Gasteiger partial charge in [0.05, 0.1) is 5.52 Å². The van der Waals surface area contributed by atoms with E-state index in [4.69, 9.17) is 0 Å². The maximum Gasteiger partial charge on any atom is 0.0758 e. The first-order chi connectivity index (χ1) is 7.83. The molecule has 0 spiro atoms. The first-order valence-corrected chi connectivity index (χ1v) is 6.35. The largest absolute Gasteiger partial charge is 0.313 e. The van der Waals surface area contributed by atoms with E-state index in [0.717, 1.165) is 29.5 Å². The number of hydrogen-bond donors (Lipinski definition) is 1. The first kappa shape index (κ1) is 11.6. The lowest BCUT2D eigenvalue weighted by atomic mass is 10.1. The fourth-order valence-electron chi connectivity index (χ4n) is 1.74. The van der Waals surface area contributed by atoms with Crippen molar-refractivity contribution in [2.45, 2.75) is 19.9 Å². The Morgan fingerprint density at radius 3 is 3.00 bits per heavy atom. The van der Waals surface area contributed by atoms with Crippen molar-refractivity contribution in [3.63, 3.8) is 0 Å². The highest BCUT2D eigenvalue weighted by molar-refractivity contribution is 9.10. The summed E-state index contributed by atoms with van der Waals surface area (Å²) in [4.78, 5) is 4.45. The molecule has 1 aromatic carbocycles. The van der Waals surface area contributed by atoms with Crippen LogP contribution in [0, 0.1) is 0 Å². The van der Waals surface area contributed by atoms with Crippen LogP contribution in [0.5, 0.6) is 0 Å². The van der Waals surface area contributed by atoms with Gasteiger partial charge in [-0.3, -0.25) is 4.98 Å². The van der Waals surface area contributed by atoms with Crippen LogP contribution in [0.1, 0.15) is 18.9 Å². The Bertz CT molecular complexity index is 482. The number of nitrogens with one attached hydrogen (secondary N) is 1. The molecule has 16 heavy (non-hydrogen) atoms. The molecule has 3 heteroatoms. The number of hydrogen-bond acceptors (Lipinski definition) is 2. The molecule has 0 unspecified atom stereocenters. The summed E-state index contributed by atoms with van der Waals surface area (Å²) in [6, 6.07) is 8.28. The monoisotopic (exact) mass is 278 g/mol. The predicted molar refractivity (Wildman–Crippen MR) is 71.4 cm³/mol. The Balaban J connectivity index is 2.35. The summed E-state index contributed by atoms with van der Waals surface area (Å²) < 4.78 is 1.11. The molecule has 0 radical (unpaired) electrons. The zero-order valence-corrected chi connectivity index (χ0v) is 10.9. The molecule has 1 N–H and O–H groups in total.